The van der Waals surface area contributed by atoms with Crippen LogP contribution in [0.4, 0.5) is 0 Å². The van der Waals surface area contributed by atoms with E-state index in [1.54, 1.807) is 0 Å². The molecular formula is C22H21NO3. The summed E-state index contributed by atoms with van der Waals surface area (Å²) in [5, 5.41) is 12.4. The molecule has 3 aromatic rings. The van der Waals surface area contributed by atoms with Gasteiger partial charge in [-0.15, -0.1) is 0 Å². The number of aliphatic hydroxyl groups is 1. The fourth-order valence-corrected chi connectivity index (χ4v) is 5.42. The molecule has 2 aromatic carbocycles. The molecule has 0 spiro atoms. The second-order valence-electron chi connectivity index (χ2n) is 8.14. The summed E-state index contributed by atoms with van der Waals surface area (Å²) in [5.41, 5.74) is 6.03. The first-order valence-corrected chi connectivity index (χ1v) is 9.26. The predicted octanol–water partition coefficient (Wildman–Crippen LogP) is 3.77. The maximum atomic E-state index is 9.87. The average molecular weight is 347 g/mol. The van der Waals surface area contributed by atoms with Crippen LogP contribution in [0.2, 0.25) is 0 Å². The van der Waals surface area contributed by atoms with Gasteiger partial charge in [0.05, 0.1) is 18.8 Å². The van der Waals surface area contributed by atoms with Crippen LogP contribution in [0.1, 0.15) is 53.6 Å². The largest absolute Gasteiger partial charge is 0.390 e. The van der Waals surface area contributed by atoms with Gasteiger partial charge in [0.2, 0.25) is 0 Å². The minimum Gasteiger partial charge on any atom is -0.390 e. The summed E-state index contributed by atoms with van der Waals surface area (Å²) in [6, 6.07) is 13.1. The van der Waals surface area contributed by atoms with E-state index in [1.165, 1.54) is 33.0 Å². The van der Waals surface area contributed by atoms with Crippen molar-refractivity contribution in [3.8, 4) is 0 Å². The normalized spacial score (nSPS) is 30.3. The van der Waals surface area contributed by atoms with Gasteiger partial charge in [-0.1, -0.05) is 36.4 Å². The quantitative estimate of drug-likeness (QED) is 0.704. The lowest BCUT2D eigenvalue weighted by atomic mass is 9.61. The van der Waals surface area contributed by atoms with Crippen molar-refractivity contribution in [3.05, 3.63) is 70.5 Å². The van der Waals surface area contributed by atoms with Gasteiger partial charge in [-0.25, -0.2) is 0 Å². The molecule has 0 radical (unpaired) electrons. The van der Waals surface area contributed by atoms with Crippen LogP contribution in [-0.4, -0.2) is 28.1 Å². The lowest BCUT2D eigenvalue weighted by Gasteiger charge is -2.45. The number of ether oxygens (including phenoxy) is 2. The maximum Gasteiger partial charge on any atom is 0.163 e. The number of H-pyrrole nitrogens is 1. The molecule has 4 nitrogen and oxygen atoms in total. The lowest BCUT2D eigenvalue weighted by Crippen LogP contribution is -2.45. The highest BCUT2D eigenvalue weighted by Gasteiger charge is 2.58. The van der Waals surface area contributed by atoms with E-state index < -0.39 is 5.79 Å². The monoisotopic (exact) mass is 347 g/mol. The van der Waals surface area contributed by atoms with Crippen LogP contribution in [0.15, 0.2) is 42.6 Å². The van der Waals surface area contributed by atoms with Gasteiger partial charge in [-0.2, -0.15) is 0 Å². The first-order valence-electron chi connectivity index (χ1n) is 9.26. The van der Waals surface area contributed by atoms with Crippen molar-refractivity contribution >= 4 is 10.8 Å². The number of nitrogens with one attached hydrogen (secondary N) is 1. The topological polar surface area (TPSA) is 54.5 Å². The van der Waals surface area contributed by atoms with E-state index in [2.05, 4.69) is 47.6 Å². The molecule has 0 amide bonds. The van der Waals surface area contributed by atoms with Gasteiger partial charge in [-0.3, -0.25) is 0 Å². The van der Waals surface area contributed by atoms with Crippen LogP contribution in [0.25, 0.3) is 10.8 Å². The molecule has 1 saturated heterocycles. The molecule has 4 heteroatoms. The highest BCUT2D eigenvalue weighted by molar-refractivity contribution is 5.85. The Balaban J connectivity index is 1.66. The molecule has 0 saturated carbocycles. The fraction of sp³-hybridized carbons (Fsp3) is 0.364. The molecule has 7 rings (SSSR count). The fourth-order valence-electron chi connectivity index (χ4n) is 5.42. The van der Waals surface area contributed by atoms with E-state index in [0.717, 1.165) is 5.69 Å². The highest BCUT2D eigenvalue weighted by Crippen LogP contribution is 2.59. The van der Waals surface area contributed by atoms with E-state index in [1.807, 2.05) is 13.8 Å². The minimum atomic E-state index is -0.583. The zero-order valence-electron chi connectivity index (χ0n) is 14.8. The Kier molecular flexibility index (Phi) is 2.75. The number of fused-ring (bicyclic) bond motifs is 1. The van der Waals surface area contributed by atoms with E-state index in [-0.39, 0.29) is 30.7 Å². The summed E-state index contributed by atoms with van der Waals surface area (Å²) in [5.74, 6) is -0.354. The molecule has 4 unspecified atom stereocenters. The summed E-state index contributed by atoms with van der Waals surface area (Å²) in [6.45, 7) is 4.01. The Morgan fingerprint density at radius 1 is 0.962 bits per heavy atom. The van der Waals surface area contributed by atoms with Gasteiger partial charge < -0.3 is 19.6 Å². The average Bonchev–Trinajstić information content (AvgIpc) is 3.19. The molecule has 2 bridgehead atoms. The standard InChI is InChI=1S/C22H21NO3/c1-22(2)25-20-17-13-7-11-5-3-4-6-12(11)8-14(13)19(21(20)26-22)18-15(17)9-23-16(18)10-24/h3-9,17,19-21,23-24H,10H2,1-2H3. The smallest absolute Gasteiger partial charge is 0.163 e. The van der Waals surface area contributed by atoms with Crippen LogP contribution in [-0.2, 0) is 16.1 Å². The van der Waals surface area contributed by atoms with Crippen LogP contribution in [0.3, 0.4) is 0 Å². The first-order chi connectivity index (χ1) is 12.6. The number of aromatic amines is 1. The zero-order chi connectivity index (χ0) is 17.6. The van der Waals surface area contributed by atoms with Crippen molar-refractivity contribution in [1.29, 1.82) is 0 Å². The molecule has 1 aromatic heterocycles. The Hall–Kier alpha value is -2.14. The molecule has 2 heterocycles. The van der Waals surface area contributed by atoms with Crippen molar-refractivity contribution in [3.63, 3.8) is 0 Å². The predicted molar refractivity (Wildman–Crippen MR) is 98.2 cm³/mol. The Morgan fingerprint density at radius 3 is 2.23 bits per heavy atom. The molecule has 26 heavy (non-hydrogen) atoms. The number of rotatable bonds is 1. The molecular weight excluding hydrogens is 326 g/mol. The number of hydrogen-bond donors (Lipinski definition) is 2. The van der Waals surface area contributed by atoms with Crippen molar-refractivity contribution in [2.45, 2.75) is 50.3 Å². The van der Waals surface area contributed by atoms with E-state index in [0.29, 0.717) is 0 Å². The summed E-state index contributed by atoms with van der Waals surface area (Å²) >= 11 is 0. The SMILES string of the molecule is CC1(C)OC2C3c4cc5ccccc5cc4C(c4c3c[nH]c4CO)C2O1. The Morgan fingerprint density at radius 2 is 1.58 bits per heavy atom. The van der Waals surface area contributed by atoms with Crippen molar-refractivity contribution in [2.24, 2.45) is 0 Å². The minimum absolute atomic E-state index is 0.0125. The number of aromatic nitrogens is 1. The summed E-state index contributed by atoms with van der Waals surface area (Å²) in [6.07, 6.45) is 2.05. The summed E-state index contributed by atoms with van der Waals surface area (Å²) in [4.78, 5) is 3.29. The molecule has 1 aliphatic heterocycles. The number of aliphatic hydroxyl groups excluding tert-OH is 1. The van der Waals surface area contributed by atoms with Crippen molar-refractivity contribution in [2.75, 3.05) is 0 Å². The summed E-state index contributed by atoms with van der Waals surface area (Å²) < 4.78 is 12.7. The number of hydrogen-bond acceptors (Lipinski definition) is 3. The third-order valence-corrected chi connectivity index (χ3v) is 6.28. The third-order valence-electron chi connectivity index (χ3n) is 6.28. The third kappa shape index (κ3) is 1.74. The van der Waals surface area contributed by atoms with Gasteiger partial charge in [-0.05, 0) is 46.9 Å². The van der Waals surface area contributed by atoms with Crippen LogP contribution < -0.4 is 0 Å². The number of benzene rings is 2. The molecule has 1 fully saturated rings. The Bertz CT molecular complexity index is 1050. The van der Waals surface area contributed by atoms with Crippen molar-refractivity contribution in [1.82, 2.24) is 4.98 Å². The van der Waals surface area contributed by atoms with E-state index >= 15 is 0 Å². The van der Waals surface area contributed by atoms with Crippen LogP contribution in [0.5, 0.6) is 0 Å². The van der Waals surface area contributed by atoms with Crippen LogP contribution >= 0.6 is 0 Å². The van der Waals surface area contributed by atoms with E-state index in [9.17, 15) is 5.11 Å². The summed E-state index contributed by atoms with van der Waals surface area (Å²) in [7, 11) is 0. The molecule has 3 aliphatic carbocycles. The lowest BCUT2D eigenvalue weighted by molar-refractivity contribution is -0.146. The molecule has 2 N–H and O–H groups in total. The van der Waals surface area contributed by atoms with Crippen LogP contribution in [0, 0.1) is 0 Å². The molecule has 4 aliphatic rings. The second-order valence-corrected chi connectivity index (χ2v) is 8.14. The van der Waals surface area contributed by atoms with Gasteiger partial charge >= 0.3 is 0 Å². The highest BCUT2D eigenvalue weighted by atomic mass is 16.8. The van der Waals surface area contributed by atoms with Gasteiger partial charge in [0.15, 0.2) is 5.79 Å². The van der Waals surface area contributed by atoms with Gasteiger partial charge in [0.1, 0.15) is 0 Å². The second kappa shape index (κ2) is 4.77. The van der Waals surface area contributed by atoms with Crippen molar-refractivity contribution < 1.29 is 14.6 Å². The molecule has 4 atom stereocenters. The zero-order valence-corrected chi connectivity index (χ0v) is 14.8. The van der Waals surface area contributed by atoms with Gasteiger partial charge in [0, 0.05) is 23.7 Å². The van der Waals surface area contributed by atoms with Gasteiger partial charge in [0.25, 0.3) is 0 Å². The maximum absolute atomic E-state index is 9.87. The first kappa shape index (κ1) is 15.0. The molecule has 132 valence electrons. The Labute approximate surface area is 151 Å². The van der Waals surface area contributed by atoms with E-state index in [4.69, 9.17) is 9.47 Å².